The van der Waals surface area contributed by atoms with Crippen LogP contribution in [0.15, 0.2) is 75.1 Å². The summed E-state index contributed by atoms with van der Waals surface area (Å²) in [4.78, 5) is 27.5. The SMILES string of the molecule is CN=C(C=C(C)N)Nc1cc(C(/C=C\N)=C(\CO)C/C=C/C2=C(NCCNC=O)CC(C)(C)C2)cn(C)c1=O. The summed E-state index contributed by atoms with van der Waals surface area (Å²) in [5, 5.41) is 19.5. The average molecular weight is 538 g/mol. The molecular formula is C29H43N7O3. The van der Waals surface area contributed by atoms with Gasteiger partial charge >= 0.3 is 0 Å². The maximum Gasteiger partial charge on any atom is 0.274 e. The van der Waals surface area contributed by atoms with E-state index >= 15 is 0 Å². The fraction of sp³-hybridized carbons (Fsp3) is 0.414. The summed E-state index contributed by atoms with van der Waals surface area (Å²) in [6.45, 7) is 7.23. The lowest BCUT2D eigenvalue weighted by Gasteiger charge is -2.17. The van der Waals surface area contributed by atoms with Crippen molar-refractivity contribution in [2.75, 3.05) is 32.1 Å². The Bertz CT molecular complexity index is 1260. The minimum atomic E-state index is -0.233. The second-order valence-electron chi connectivity index (χ2n) is 10.3. The summed E-state index contributed by atoms with van der Waals surface area (Å²) in [5.74, 6) is 0.452. The molecule has 1 heterocycles. The minimum Gasteiger partial charge on any atom is -0.405 e. The Morgan fingerprint density at radius 1 is 1.28 bits per heavy atom. The van der Waals surface area contributed by atoms with E-state index in [0.29, 0.717) is 48.7 Å². The first-order chi connectivity index (χ1) is 18.5. The summed E-state index contributed by atoms with van der Waals surface area (Å²) in [7, 11) is 3.28. The molecule has 0 aromatic carbocycles. The number of carbonyl (C=O) groups excluding carboxylic acids is 1. The third kappa shape index (κ3) is 9.33. The van der Waals surface area contributed by atoms with Crippen molar-refractivity contribution in [2.24, 2.45) is 28.9 Å². The third-order valence-electron chi connectivity index (χ3n) is 6.28. The van der Waals surface area contributed by atoms with Gasteiger partial charge in [0.1, 0.15) is 11.5 Å². The molecule has 8 N–H and O–H groups in total. The second-order valence-corrected chi connectivity index (χ2v) is 10.3. The van der Waals surface area contributed by atoms with Crippen LogP contribution in [-0.2, 0) is 11.8 Å². The molecule has 0 fully saturated rings. The molecule has 0 bridgehead atoms. The minimum absolute atomic E-state index is 0.139. The highest BCUT2D eigenvalue weighted by atomic mass is 16.3. The lowest BCUT2D eigenvalue weighted by molar-refractivity contribution is -0.109. The number of anilines is 1. The number of allylic oxidation sites excluding steroid dienone is 7. The molecule has 1 aromatic rings. The number of nitrogens with two attached hydrogens (primary N) is 2. The molecule has 1 aromatic heterocycles. The molecule has 212 valence electrons. The van der Waals surface area contributed by atoms with Gasteiger partial charge in [-0.15, -0.1) is 0 Å². The Hall–Kier alpha value is -4.05. The first kappa shape index (κ1) is 31.2. The molecule has 1 aliphatic carbocycles. The predicted octanol–water partition coefficient (Wildman–Crippen LogP) is 2.26. The molecule has 0 aliphatic heterocycles. The zero-order valence-corrected chi connectivity index (χ0v) is 23.7. The lowest BCUT2D eigenvalue weighted by atomic mass is 9.89. The van der Waals surface area contributed by atoms with Crippen LogP contribution in [0.4, 0.5) is 5.69 Å². The molecule has 39 heavy (non-hydrogen) atoms. The number of rotatable bonds is 13. The summed E-state index contributed by atoms with van der Waals surface area (Å²) in [5.41, 5.74) is 16.9. The fourth-order valence-corrected chi connectivity index (χ4v) is 4.53. The molecule has 10 heteroatoms. The fourth-order valence-electron chi connectivity index (χ4n) is 4.53. The van der Waals surface area contributed by atoms with Crippen molar-refractivity contribution in [1.82, 2.24) is 15.2 Å². The second kappa shape index (κ2) is 14.8. The van der Waals surface area contributed by atoms with Crippen LogP contribution in [0.5, 0.6) is 0 Å². The van der Waals surface area contributed by atoms with Gasteiger partial charge < -0.3 is 37.1 Å². The van der Waals surface area contributed by atoms with Crippen molar-refractivity contribution in [1.29, 1.82) is 0 Å². The van der Waals surface area contributed by atoms with Crippen LogP contribution in [0, 0.1) is 5.41 Å². The van der Waals surface area contributed by atoms with Gasteiger partial charge in [0.15, 0.2) is 0 Å². The van der Waals surface area contributed by atoms with Crippen molar-refractivity contribution in [3.05, 3.63) is 81.2 Å². The molecule has 0 saturated carbocycles. The number of nitrogens with one attached hydrogen (secondary N) is 3. The van der Waals surface area contributed by atoms with E-state index in [1.54, 1.807) is 45.4 Å². The monoisotopic (exact) mass is 537 g/mol. The average Bonchev–Trinajstić information content (AvgIpc) is 3.18. The number of hydrogen-bond acceptors (Lipinski definition) is 7. The largest absolute Gasteiger partial charge is 0.405 e. The van der Waals surface area contributed by atoms with Gasteiger partial charge in [0.2, 0.25) is 6.41 Å². The van der Waals surface area contributed by atoms with Gasteiger partial charge in [-0.3, -0.25) is 14.6 Å². The number of hydrogen-bond donors (Lipinski definition) is 6. The first-order valence-corrected chi connectivity index (χ1v) is 12.9. The van der Waals surface area contributed by atoms with Crippen LogP contribution in [0.3, 0.4) is 0 Å². The van der Waals surface area contributed by atoms with Gasteiger partial charge in [0, 0.05) is 50.3 Å². The normalized spacial score (nSPS) is 16.7. The maximum atomic E-state index is 12.8. The van der Waals surface area contributed by atoms with E-state index < -0.39 is 0 Å². The summed E-state index contributed by atoms with van der Waals surface area (Å²) >= 11 is 0. The Labute approximate surface area is 231 Å². The highest BCUT2D eigenvalue weighted by Gasteiger charge is 2.29. The molecule has 2 rings (SSSR count). The van der Waals surface area contributed by atoms with Gasteiger partial charge in [-0.25, -0.2) is 0 Å². The zero-order valence-electron chi connectivity index (χ0n) is 23.7. The number of amides is 1. The van der Waals surface area contributed by atoms with Crippen molar-refractivity contribution in [3.63, 3.8) is 0 Å². The highest BCUT2D eigenvalue weighted by molar-refractivity contribution is 6.04. The van der Waals surface area contributed by atoms with E-state index in [0.717, 1.165) is 24.0 Å². The summed E-state index contributed by atoms with van der Waals surface area (Å²) in [6.07, 6.45) is 13.7. The topological polar surface area (TPSA) is 160 Å². The molecule has 10 nitrogen and oxygen atoms in total. The smallest absolute Gasteiger partial charge is 0.274 e. The standard InChI is InChI=1S/C29H43N7O3/c1-20(31)13-27(32-4)35-25-14-23(17-36(5)28(25)39)24(9-10-30)22(18-37)8-6-7-21-15-29(2,3)16-26(21)34-12-11-33-19-38/h6-7,9-10,13-14,17,19,34,37H,8,11-12,15-16,18,30-31H2,1-5H3,(H,32,35)(H,33,38)/b7-6+,10-9-,20-13?,24-22-. The third-order valence-corrected chi connectivity index (χ3v) is 6.28. The summed E-state index contributed by atoms with van der Waals surface area (Å²) < 4.78 is 1.47. The molecule has 1 aliphatic rings. The van der Waals surface area contributed by atoms with Gasteiger partial charge in [-0.05, 0) is 72.7 Å². The van der Waals surface area contributed by atoms with Gasteiger partial charge in [-0.2, -0.15) is 0 Å². The van der Waals surface area contributed by atoms with Gasteiger partial charge in [0.25, 0.3) is 5.56 Å². The number of pyridine rings is 1. The number of aromatic nitrogens is 1. The van der Waals surface area contributed by atoms with Crippen molar-refractivity contribution >= 4 is 23.5 Å². The van der Waals surface area contributed by atoms with Gasteiger partial charge in [-0.1, -0.05) is 26.0 Å². The van der Waals surface area contributed by atoms with E-state index in [1.165, 1.54) is 22.0 Å². The number of aliphatic imine (C=N–C) groups is 1. The summed E-state index contributed by atoms with van der Waals surface area (Å²) in [6, 6.07) is 1.72. The molecule has 0 unspecified atom stereocenters. The van der Waals surface area contributed by atoms with Crippen molar-refractivity contribution < 1.29 is 9.90 Å². The molecule has 1 amide bonds. The van der Waals surface area contributed by atoms with Crippen molar-refractivity contribution in [2.45, 2.75) is 40.0 Å². The zero-order chi connectivity index (χ0) is 29.0. The number of amidine groups is 1. The Morgan fingerprint density at radius 3 is 2.64 bits per heavy atom. The highest BCUT2D eigenvalue weighted by Crippen LogP contribution is 2.40. The van der Waals surface area contributed by atoms with Crippen LogP contribution in [0.1, 0.15) is 45.6 Å². The van der Waals surface area contributed by atoms with Crippen molar-refractivity contribution in [3.8, 4) is 0 Å². The van der Waals surface area contributed by atoms with Crippen LogP contribution in [0.25, 0.3) is 5.57 Å². The van der Waals surface area contributed by atoms with E-state index in [2.05, 4.69) is 40.9 Å². The van der Waals surface area contributed by atoms with Gasteiger partial charge in [0.05, 0.1) is 6.61 Å². The van der Waals surface area contributed by atoms with Crippen LogP contribution >= 0.6 is 0 Å². The Morgan fingerprint density at radius 2 is 2.03 bits per heavy atom. The van der Waals surface area contributed by atoms with Crippen LogP contribution in [-0.4, -0.2) is 48.7 Å². The Balaban J connectivity index is 2.41. The predicted molar refractivity (Wildman–Crippen MR) is 160 cm³/mol. The van der Waals surface area contributed by atoms with Crippen LogP contribution in [0.2, 0.25) is 0 Å². The van der Waals surface area contributed by atoms with E-state index in [-0.39, 0.29) is 17.6 Å². The molecule has 0 saturated heterocycles. The Kier molecular flexibility index (Phi) is 11.8. The quantitative estimate of drug-likeness (QED) is 0.0740. The lowest BCUT2D eigenvalue weighted by Crippen LogP contribution is -2.26. The number of carbonyl (C=O) groups is 1. The molecular weight excluding hydrogens is 494 g/mol. The molecule has 0 radical (unpaired) electrons. The molecule has 0 spiro atoms. The molecule has 0 atom stereocenters. The number of nitrogens with zero attached hydrogens (tertiary/aromatic N) is 2. The van der Waals surface area contributed by atoms with E-state index in [1.807, 2.05) is 6.08 Å². The number of aliphatic hydroxyl groups excluding tert-OH is 1. The first-order valence-electron chi connectivity index (χ1n) is 12.9. The number of aliphatic hydroxyl groups is 1. The van der Waals surface area contributed by atoms with E-state index in [4.69, 9.17) is 11.5 Å². The van der Waals surface area contributed by atoms with Crippen LogP contribution < -0.4 is 33.0 Å². The maximum absolute atomic E-state index is 12.8. The van der Waals surface area contributed by atoms with E-state index in [9.17, 15) is 14.7 Å². The number of aryl methyl sites for hydroxylation is 1.